The molecule has 0 radical (unpaired) electrons. The van der Waals surface area contributed by atoms with Gasteiger partial charge in [0.05, 0.1) is 25.5 Å². The third-order valence-corrected chi connectivity index (χ3v) is 4.18. The minimum atomic E-state index is -3.68. The van der Waals surface area contributed by atoms with E-state index in [1.807, 2.05) is 7.05 Å². The van der Waals surface area contributed by atoms with Crippen molar-refractivity contribution in [3.8, 4) is 5.75 Å². The fraction of sp³-hybridized carbons (Fsp3) is 0.308. The predicted octanol–water partition coefficient (Wildman–Crippen LogP) is 0.912. The number of anilines is 1. The molecule has 1 heterocycles. The second-order valence-electron chi connectivity index (χ2n) is 4.35. The number of sulfonamides is 1. The van der Waals surface area contributed by atoms with Crippen LogP contribution in [0.15, 0.2) is 41.6 Å². The monoisotopic (exact) mass is 310 g/mol. The minimum absolute atomic E-state index is 0.115. The molecule has 0 fully saturated rings. The van der Waals surface area contributed by atoms with Crippen LogP contribution >= 0.6 is 0 Å². The number of nitrogens with zero attached hydrogens (tertiary/aromatic N) is 2. The maximum atomic E-state index is 12.3. The number of ether oxygens (including phenoxy) is 1. The summed E-state index contributed by atoms with van der Waals surface area (Å²) in [6.07, 6.45) is 2.82. The average molecular weight is 310 g/mol. The quantitative estimate of drug-likeness (QED) is 0.794. The lowest BCUT2D eigenvalue weighted by molar-refractivity contribution is 0.417. The summed E-state index contributed by atoms with van der Waals surface area (Å²) < 4.78 is 33.9. The molecule has 0 aliphatic rings. The van der Waals surface area contributed by atoms with Gasteiger partial charge in [-0.2, -0.15) is 5.10 Å². The first kappa shape index (κ1) is 15.3. The van der Waals surface area contributed by atoms with Crippen molar-refractivity contribution in [3.63, 3.8) is 0 Å². The summed E-state index contributed by atoms with van der Waals surface area (Å²) in [6.45, 7) is 1.31. The molecular weight excluding hydrogens is 292 g/mol. The Morgan fingerprint density at radius 3 is 2.81 bits per heavy atom. The number of nitrogens with one attached hydrogen (secondary N) is 2. The number of hydrogen-bond acceptors (Lipinski definition) is 5. The van der Waals surface area contributed by atoms with Crippen LogP contribution in [0.5, 0.6) is 5.75 Å². The van der Waals surface area contributed by atoms with Gasteiger partial charge in [0.1, 0.15) is 10.6 Å². The third kappa shape index (κ3) is 3.73. The molecule has 1 aromatic heterocycles. The fourth-order valence-electron chi connectivity index (χ4n) is 1.76. The minimum Gasteiger partial charge on any atom is -0.495 e. The number of rotatable bonds is 7. The van der Waals surface area contributed by atoms with E-state index in [0.29, 0.717) is 24.5 Å². The van der Waals surface area contributed by atoms with Crippen LogP contribution in [-0.2, 0) is 16.6 Å². The number of hydrogen-bond donors (Lipinski definition) is 2. The standard InChI is InChI=1S/C13H18N4O3S/c1-14-7-8-17-10-11(9-15-17)21(18,19)16-12-5-3-4-6-13(12)20-2/h3-6,9-10,14,16H,7-8H2,1-2H3. The van der Waals surface area contributed by atoms with Gasteiger partial charge in [-0.3, -0.25) is 9.40 Å². The fourth-order valence-corrected chi connectivity index (χ4v) is 2.79. The third-order valence-electron chi connectivity index (χ3n) is 2.86. The van der Waals surface area contributed by atoms with Gasteiger partial charge in [0, 0.05) is 12.7 Å². The zero-order chi connectivity index (χ0) is 15.3. The first-order chi connectivity index (χ1) is 10.1. The molecule has 0 atom stereocenters. The van der Waals surface area contributed by atoms with Crippen molar-refractivity contribution in [1.82, 2.24) is 15.1 Å². The van der Waals surface area contributed by atoms with Gasteiger partial charge in [-0.15, -0.1) is 0 Å². The second-order valence-corrected chi connectivity index (χ2v) is 6.03. The SMILES string of the molecule is CNCCn1cc(S(=O)(=O)Nc2ccccc2OC)cn1. The molecule has 1 aromatic carbocycles. The molecule has 0 amide bonds. The molecule has 0 unspecified atom stereocenters. The second kappa shape index (κ2) is 6.59. The first-order valence-corrected chi connectivity index (χ1v) is 7.88. The molecule has 8 heteroatoms. The van der Waals surface area contributed by atoms with E-state index in [2.05, 4.69) is 15.1 Å². The van der Waals surface area contributed by atoms with E-state index in [9.17, 15) is 8.42 Å². The largest absolute Gasteiger partial charge is 0.495 e. The first-order valence-electron chi connectivity index (χ1n) is 6.39. The van der Waals surface area contributed by atoms with Crippen LogP contribution in [0.1, 0.15) is 0 Å². The normalized spacial score (nSPS) is 11.3. The Kier molecular flexibility index (Phi) is 4.81. The molecule has 0 saturated carbocycles. The van der Waals surface area contributed by atoms with Gasteiger partial charge in [0.25, 0.3) is 10.0 Å². The summed E-state index contributed by atoms with van der Waals surface area (Å²) in [5.41, 5.74) is 0.392. The molecule has 2 rings (SSSR count). The van der Waals surface area contributed by atoms with E-state index >= 15 is 0 Å². The Morgan fingerprint density at radius 2 is 2.10 bits per heavy atom. The Hall–Kier alpha value is -2.06. The summed E-state index contributed by atoms with van der Waals surface area (Å²) in [5.74, 6) is 0.462. The van der Waals surface area contributed by atoms with Crippen LogP contribution in [0.2, 0.25) is 0 Å². The predicted molar refractivity (Wildman–Crippen MR) is 80.0 cm³/mol. The Labute approximate surface area is 124 Å². The smallest absolute Gasteiger partial charge is 0.265 e. The van der Waals surface area contributed by atoms with Crippen LogP contribution in [0.4, 0.5) is 5.69 Å². The van der Waals surface area contributed by atoms with Crippen molar-refractivity contribution < 1.29 is 13.2 Å². The molecule has 2 aromatic rings. The van der Waals surface area contributed by atoms with E-state index in [1.165, 1.54) is 19.5 Å². The molecule has 0 bridgehead atoms. The van der Waals surface area contributed by atoms with Crippen molar-refractivity contribution in [2.75, 3.05) is 25.4 Å². The van der Waals surface area contributed by atoms with Crippen molar-refractivity contribution in [3.05, 3.63) is 36.7 Å². The highest BCUT2D eigenvalue weighted by atomic mass is 32.2. The number of para-hydroxylation sites is 2. The summed E-state index contributed by atoms with van der Waals surface area (Å²) in [5, 5.41) is 7.01. The molecule has 0 spiro atoms. The molecule has 0 saturated heterocycles. The van der Waals surface area contributed by atoms with E-state index < -0.39 is 10.0 Å². The van der Waals surface area contributed by atoms with Crippen molar-refractivity contribution in [2.45, 2.75) is 11.4 Å². The molecule has 0 aliphatic carbocycles. The molecule has 7 nitrogen and oxygen atoms in total. The zero-order valence-corrected chi connectivity index (χ0v) is 12.7. The maximum Gasteiger partial charge on any atom is 0.265 e. The van der Waals surface area contributed by atoms with Crippen molar-refractivity contribution in [1.29, 1.82) is 0 Å². The summed E-state index contributed by atoms with van der Waals surface area (Å²) >= 11 is 0. The van der Waals surface area contributed by atoms with Crippen LogP contribution in [0.25, 0.3) is 0 Å². The Bertz CT molecular complexity index is 697. The highest BCUT2D eigenvalue weighted by Crippen LogP contribution is 2.25. The number of methoxy groups -OCH3 is 1. The lowest BCUT2D eigenvalue weighted by Gasteiger charge is -2.10. The van der Waals surface area contributed by atoms with Crippen LogP contribution in [0, 0.1) is 0 Å². The van der Waals surface area contributed by atoms with Gasteiger partial charge in [-0.25, -0.2) is 8.42 Å². The summed E-state index contributed by atoms with van der Waals surface area (Å²) in [4.78, 5) is 0.115. The van der Waals surface area contributed by atoms with Gasteiger partial charge >= 0.3 is 0 Å². The molecule has 0 aliphatic heterocycles. The summed E-state index contributed by atoms with van der Waals surface area (Å²) in [6, 6.07) is 6.83. The highest BCUT2D eigenvalue weighted by Gasteiger charge is 2.18. The van der Waals surface area contributed by atoms with Gasteiger partial charge < -0.3 is 10.1 Å². The molecular formula is C13H18N4O3S. The van der Waals surface area contributed by atoms with E-state index in [1.54, 1.807) is 28.9 Å². The maximum absolute atomic E-state index is 12.3. The number of benzene rings is 1. The topological polar surface area (TPSA) is 85.2 Å². The lowest BCUT2D eigenvalue weighted by Crippen LogP contribution is -2.15. The van der Waals surface area contributed by atoms with E-state index in [0.717, 1.165) is 0 Å². The van der Waals surface area contributed by atoms with Gasteiger partial charge in [0.15, 0.2) is 0 Å². The van der Waals surface area contributed by atoms with Gasteiger partial charge in [0.2, 0.25) is 0 Å². The lowest BCUT2D eigenvalue weighted by atomic mass is 10.3. The average Bonchev–Trinajstić information content (AvgIpc) is 2.95. The number of aromatic nitrogens is 2. The van der Waals surface area contributed by atoms with Crippen molar-refractivity contribution in [2.24, 2.45) is 0 Å². The van der Waals surface area contributed by atoms with Gasteiger partial charge in [-0.1, -0.05) is 12.1 Å². The highest BCUT2D eigenvalue weighted by molar-refractivity contribution is 7.92. The van der Waals surface area contributed by atoms with Crippen molar-refractivity contribution >= 4 is 15.7 Å². The van der Waals surface area contributed by atoms with Gasteiger partial charge in [-0.05, 0) is 19.2 Å². The molecule has 21 heavy (non-hydrogen) atoms. The van der Waals surface area contributed by atoms with Crippen LogP contribution in [0.3, 0.4) is 0 Å². The summed E-state index contributed by atoms with van der Waals surface area (Å²) in [7, 11) is -0.371. The van der Waals surface area contributed by atoms with E-state index in [-0.39, 0.29) is 4.90 Å². The zero-order valence-electron chi connectivity index (χ0n) is 11.9. The Morgan fingerprint density at radius 1 is 1.33 bits per heavy atom. The van der Waals surface area contributed by atoms with Crippen LogP contribution in [-0.4, -0.2) is 38.9 Å². The molecule has 114 valence electrons. The van der Waals surface area contributed by atoms with E-state index in [4.69, 9.17) is 4.74 Å². The van der Waals surface area contributed by atoms with Crippen LogP contribution < -0.4 is 14.8 Å². The Balaban J connectivity index is 2.20. The molecule has 2 N–H and O–H groups in total. The number of likely N-dealkylation sites (N-methyl/N-ethyl adjacent to an activating group) is 1.